The van der Waals surface area contributed by atoms with Crippen molar-refractivity contribution in [3.8, 4) is 0 Å². The van der Waals surface area contributed by atoms with Gasteiger partial charge < -0.3 is 14.4 Å². The van der Waals surface area contributed by atoms with Crippen LogP contribution in [0, 0.1) is 18.7 Å². The molecule has 0 spiro atoms. The summed E-state index contributed by atoms with van der Waals surface area (Å²) in [7, 11) is -2.95. The summed E-state index contributed by atoms with van der Waals surface area (Å²) in [5.74, 6) is 0.272. The van der Waals surface area contributed by atoms with Crippen LogP contribution in [0.5, 0.6) is 0 Å². The zero-order valence-corrected chi connectivity index (χ0v) is 22.6. The van der Waals surface area contributed by atoms with Crippen molar-refractivity contribution in [2.45, 2.75) is 32.7 Å². The molecule has 1 aliphatic carbocycles. The molecule has 4 rings (SSSR count). The summed E-state index contributed by atoms with van der Waals surface area (Å²) in [5, 5.41) is 4.68. The Bertz CT molecular complexity index is 1500. The van der Waals surface area contributed by atoms with Crippen molar-refractivity contribution in [2.75, 3.05) is 30.1 Å². The van der Waals surface area contributed by atoms with Crippen molar-refractivity contribution in [1.29, 1.82) is 0 Å². The lowest BCUT2D eigenvalue weighted by atomic mass is 10.0. The average Bonchev–Trinajstić information content (AvgIpc) is 3.63. The molecule has 7 nitrogen and oxygen atoms in total. The first-order valence-corrected chi connectivity index (χ1v) is 15.3. The lowest BCUT2D eigenvalue weighted by Gasteiger charge is -2.21. The van der Waals surface area contributed by atoms with Crippen LogP contribution in [0.4, 0.5) is 15.8 Å². The number of nitrogens with zero attached hydrogens (tertiary/aromatic N) is 1. The zero-order chi connectivity index (χ0) is 26.2. The number of benzene rings is 2. The second kappa shape index (κ2) is 10.3. The molecule has 0 aliphatic heterocycles. The Hall–Kier alpha value is -2.74. The molecule has 1 unspecified atom stereocenters. The minimum Gasteiger partial charge on any atom is -0.358 e. The largest absolute Gasteiger partial charge is 0.358 e. The number of aryl methyl sites for hydroxylation is 2. The van der Waals surface area contributed by atoms with Gasteiger partial charge in [0.1, 0.15) is 5.82 Å². The third kappa shape index (κ3) is 5.80. The summed E-state index contributed by atoms with van der Waals surface area (Å²) in [5.41, 5.74) is 3.03. The van der Waals surface area contributed by atoms with Crippen molar-refractivity contribution < 1.29 is 17.3 Å². The van der Waals surface area contributed by atoms with E-state index in [2.05, 4.69) is 16.6 Å². The quantitative estimate of drug-likeness (QED) is 0.360. The van der Waals surface area contributed by atoms with E-state index in [1.165, 1.54) is 25.0 Å². The Morgan fingerprint density at radius 1 is 1.25 bits per heavy atom. The first-order valence-electron chi connectivity index (χ1n) is 11.7. The van der Waals surface area contributed by atoms with Crippen LogP contribution in [-0.2, 0) is 21.1 Å². The topological polar surface area (TPSA) is 89.4 Å². The number of anilines is 2. The molecule has 0 radical (unpaired) electrons. The number of rotatable bonds is 10. The van der Waals surface area contributed by atoms with Crippen molar-refractivity contribution in [3.05, 3.63) is 70.3 Å². The van der Waals surface area contributed by atoms with Crippen LogP contribution >= 0.6 is 8.15 Å². The van der Waals surface area contributed by atoms with Gasteiger partial charge >= 0.3 is 0 Å². The fraction of sp³-hybridized carbons (Fsp3) is 0.346. The Labute approximate surface area is 212 Å². The smallest absolute Gasteiger partial charge is 0.260 e. The van der Waals surface area contributed by atoms with Gasteiger partial charge in [0.2, 0.25) is 10.0 Å². The van der Waals surface area contributed by atoms with Gasteiger partial charge in [-0.15, -0.1) is 0 Å². The molecular formula is C26H31FN3O4PS. The molecule has 2 aromatic carbocycles. The third-order valence-corrected chi connectivity index (χ3v) is 8.65. The molecule has 1 atom stereocenters. The average molecular weight is 532 g/mol. The number of sulfonamides is 1. The van der Waals surface area contributed by atoms with Crippen molar-refractivity contribution in [3.63, 3.8) is 0 Å². The first-order chi connectivity index (χ1) is 17.0. The molecule has 1 aromatic heterocycles. The van der Waals surface area contributed by atoms with Gasteiger partial charge in [0.25, 0.3) is 5.56 Å². The fourth-order valence-corrected chi connectivity index (χ4v) is 5.92. The van der Waals surface area contributed by atoms with E-state index in [0.29, 0.717) is 51.6 Å². The molecule has 36 heavy (non-hydrogen) atoms. The number of hydrogen-bond acceptors (Lipinski definition) is 5. The molecular weight excluding hydrogens is 500 g/mol. The van der Waals surface area contributed by atoms with Crippen molar-refractivity contribution >= 4 is 51.5 Å². The molecule has 1 saturated carbocycles. The van der Waals surface area contributed by atoms with Gasteiger partial charge in [-0.05, 0) is 67.9 Å². The summed E-state index contributed by atoms with van der Waals surface area (Å²) in [6.07, 6.45) is 4.36. The summed E-state index contributed by atoms with van der Waals surface area (Å²) < 4.78 is 47.4. The zero-order valence-electron chi connectivity index (χ0n) is 20.9. The molecule has 1 aliphatic rings. The van der Waals surface area contributed by atoms with Gasteiger partial charge in [-0.3, -0.25) is 9.52 Å². The number of nitrogens with one attached hydrogen (secondary N) is 2. The predicted octanol–water partition coefficient (Wildman–Crippen LogP) is 5.00. The van der Waals surface area contributed by atoms with Gasteiger partial charge in [0, 0.05) is 41.4 Å². The maximum absolute atomic E-state index is 14.2. The van der Waals surface area contributed by atoms with E-state index in [4.69, 9.17) is 4.52 Å². The van der Waals surface area contributed by atoms with Crippen LogP contribution in [-0.4, -0.2) is 33.0 Å². The highest BCUT2D eigenvalue weighted by Gasteiger charge is 2.23. The van der Waals surface area contributed by atoms with Crippen LogP contribution < -0.4 is 20.9 Å². The van der Waals surface area contributed by atoms with E-state index >= 15 is 0 Å². The van der Waals surface area contributed by atoms with E-state index in [0.717, 1.165) is 18.0 Å². The minimum atomic E-state index is -3.45. The SMILES string of the molecule is C=C(Nc1ccc(NS(C)(=O)=O)cc1P(C)OC)c1c(C)c2cc(F)ccc2n(CCC2CC2)c1=O. The highest BCUT2D eigenvalue weighted by atomic mass is 32.2. The van der Waals surface area contributed by atoms with E-state index in [1.54, 1.807) is 42.9 Å². The molecule has 1 fully saturated rings. The minimum absolute atomic E-state index is 0.174. The van der Waals surface area contributed by atoms with Gasteiger partial charge in [-0.25, -0.2) is 12.8 Å². The molecule has 0 amide bonds. The number of halogens is 1. The number of aromatic nitrogens is 1. The van der Waals surface area contributed by atoms with Crippen LogP contribution in [0.2, 0.25) is 0 Å². The molecule has 1 heterocycles. The summed E-state index contributed by atoms with van der Waals surface area (Å²) in [4.78, 5) is 13.7. The van der Waals surface area contributed by atoms with Crippen molar-refractivity contribution in [2.24, 2.45) is 5.92 Å². The first kappa shape index (κ1) is 26.3. The molecule has 192 valence electrons. The number of pyridine rings is 1. The molecule has 2 N–H and O–H groups in total. The lowest BCUT2D eigenvalue weighted by Crippen LogP contribution is -2.27. The normalized spacial score (nSPS) is 14.6. The molecule has 10 heteroatoms. The van der Waals surface area contributed by atoms with E-state index in [9.17, 15) is 17.6 Å². The Balaban J connectivity index is 1.77. The molecule has 0 bridgehead atoms. The Kier molecular flexibility index (Phi) is 7.55. The predicted molar refractivity (Wildman–Crippen MR) is 147 cm³/mol. The van der Waals surface area contributed by atoms with Gasteiger partial charge in [-0.2, -0.15) is 0 Å². The Morgan fingerprint density at radius 3 is 2.61 bits per heavy atom. The summed E-state index contributed by atoms with van der Waals surface area (Å²) >= 11 is 0. The second-order valence-corrected chi connectivity index (χ2v) is 12.8. The van der Waals surface area contributed by atoms with E-state index in [-0.39, 0.29) is 11.4 Å². The third-order valence-electron chi connectivity index (χ3n) is 6.45. The van der Waals surface area contributed by atoms with Crippen LogP contribution in [0.15, 0.2) is 47.8 Å². The fourth-order valence-electron chi connectivity index (χ4n) is 4.38. The Morgan fingerprint density at radius 2 is 1.97 bits per heavy atom. The summed E-state index contributed by atoms with van der Waals surface area (Å²) in [6, 6.07) is 9.59. The van der Waals surface area contributed by atoms with E-state index in [1.807, 2.05) is 6.66 Å². The van der Waals surface area contributed by atoms with Crippen LogP contribution in [0.1, 0.15) is 30.4 Å². The maximum Gasteiger partial charge on any atom is 0.260 e. The number of hydrogen-bond donors (Lipinski definition) is 2. The van der Waals surface area contributed by atoms with Gasteiger partial charge in [-0.1, -0.05) is 19.4 Å². The van der Waals surface area contributed by atoms with E-state index < -0.39 is 18.2 Å². The van der Waals surface area contributed by atoms with Crippen LogP contribution in [0.3, 0.4) is 0 Å². The van der Waals surface area contributed by atoms with Gasteiger partial charge in [0.15, 0.2) is 0 Å². The lowest BCUT2D eigenvalue weighted by molar-refractivity contribution is 0.471. The monoisotopic (exact) mass is 531 g/mol. The highest BCUT2D eigenvalue weighted by molar-refractivity contribution is 7.92. The second-order valence-electron chi connectivity index (χ2n) is 9.24. The number of fused-ring (bicyclic) bond motifs is 1. The van der Waals surface area contributed by atoms with Crippen LogP contribution in [0.25, 0.3) is 16.6 Å². The van der Waals surface area contributed by atoms with Crippen molar-refractivity contribution in [1.82, 2.24) is 4.57 Å². The van der Waals surface area contributed by atoms with Gasteiger partial charge in [0.05, 0.1) is 25.5 Å². The standard InChI is InChI=1S/C26H31FN3O4PS/c1-16-21-14-19(27)8-11-23(21)30(13-12-18-6-7-18)26(31)25(16)17(2)28-22-10-9-20(29-36(5,32)33)15-24(22)35(4)34-3/h8-11,14-15,18,28-29H,2,6-7,12-13H2,1,3-5H3. The molecule has 0 saturated heterocycles. The summed E-state index contributed by atoms with van der Waals surface area (Å²) in [6.45, 7) is 8.43. The highest BCUT2D eigenvalue weighted by Crippen LogP contribution is 2.36. The molecule has 3 aromatic rings. The maximum atomic E-state index is 14.2.